The minimum atomic E-state index is -0.176. The maximum absolute atomic E-state index is 14.4. The standard InChI is InChI=1S/C16H24ClFN2.2ClH/c1-11(2)10-14(20-8-6-19-7-9-20)15-13(18)5-4-12(3)16(15)17;;/h4-5,11,14,19H,6-10H2,1-3H3;2*1H/t14-;;/m0../s1. The zero-order valence-electron chi connectivity index (χ0n) is 13.4. The van der Waals surface area contributed by atoms with Crippen LogP contribution in [0.2, 0.25) is 5.02 Å². The van der Waals surface area contributed by atoms with Crippen molar-refractivity contribution in [1.82, 2.24) is 10.2 Å². The van der Waals surface area contributed by atoms with Crippen molar-refractivity contribution in [1.29, 1.82) is 0 Å². The third kappa shape index (κ3) is 5.24. The number of benzene rings is 1. The average molecular weight is 372 g/mol. The first kappa shape index (κ1) is 21.9. The van der Waals surface area contributed by atoms with Gasteiger partial charge in [0.1, 0.15) is 5.82 Å². The predicted octanol–water partition coefficient (Wildman–Crippen LogP) is 4.62. The molecule has 2 rings (SSSR count). The molecule has 0 radical (unpaired) electrons. The molecule has 1 N–H and O–H groups in total. The van der Waals surface area contributed by atoms with E-state index in [0.717, 1.165) is 38.2 Å². The van der Waals surface area contributed by atoms with Crippen molar-refractivity contribution in [2.75, 3.05) is 26.2 Å². The van der Waals surface area contributed by atoms with Gasteiger partial charge >= 0.3 is 0 Å². The minimum Gasteiger partial charge on any atom is -0.314 e. The molecule has 22 heavy (non-hydrogen) atoms. The second kappa shape index (κ2) is 9.94. The number of piperazine rings is 1. The number of aryl methyl sites for hydroxylation is 1. The summed E-state index contributed by atoms with van der Waals surface area (Å²) in [5.41, 5.74) is 1.63. The predicted molar refractivity (Wildman–Crippen MR) is 97.3 cm³/mol. The lowest BCUT2D eigenvalue weighted by Gasteiger charge is -2.37. The van der Waals surface area contributed by atoms with Gasteiger partial charge in [-0.25, -0.2) is 4.39 Å². The molecule has 0 aromatic heterocycles. The summed E-state index contributed by atoms with van der Waals surface area (Å²) in [5, 5.41) is 3.94. The Morgan fingerprint density at radius 3 is 2.36 bits per heavy atom. The van der Waals surface area contributed by atoms with Gasteiger partial charge in [0.2, 0.25) is 0 Å². The van der Waals surface area contributed by atoms with Crippen molar-refractivity contribution in [3.8, 4) is 0 Å². The highest BCUT2D eigenvalue weighted by Crippen LogP contribution is 2.36. The molecule has 1 aromatic carbocycles. The van der Waals surface area contributed by atoms with Gasteiger partial charge in [-0.2, -0.15) is 0 Å². The van der Waals surface area contributed by atoms with E-state index in [2.05, 4.69) is 24.1 Å². The number of nitrogens with one attached hydrogen (secondary N) is 1. The Morgan fingerprint density at radius 2 is 1.82 bits per heavy atom. The molecule has 0 saturated carbocycles. The molecule has 0 bridgehead atoms. The fourth-order valence-electron chi connectivity index (χ4n) is 2.87. The molecule has 2 nitrogen and oxygen atoms in total. The Hall–Kier alpha value is -0.0600. The normalized spacial score (nSPS) is 16.8. The molecular formula is C16H26Cl3FN2. The highest BCUT2D eigenvalue weighted by Gasteiger charge is 2.27. The molecule has 1 aromatic rings. The third-order valence-electron chi connectivity index (χ3n) is 3.94. The smallest absolute Gasteiger partial charge is 0.129 e. The zero-order valence-corrected chi connectivity index (χ0v) is 15.8. The van der Waals surface area contributed by atoms with E-state index >= 15 is 0 Å². The van der Waals surface area contributed by atoms with Crippen LogP contribution in [0.25, 0.3) is 0 Å². The number of hydrogen-bond donors (Lipinski definition) is 1. The second-order valence-corrected chi connectivity index (χ2v) is 6.40. The SMILES string of the molecule is Cc1ccc(F)c([C@H](CC(C)C)N2CCNCC2)c1Cl.Cl.Cl. The van der Waals surface area contributed by atoms with Gasteiger partial charge in [-0.3, -0.25) is 4.90 Å². The molecular weight excluding hydrogens is 346 g/mol. The van der Waals surface area contributed by atoms with Crippen LogP contribution in [0.5, 0.6) is 0 Å². The summed E-state index contributed by atoms with van der Waals surface area (Å²) < 4.78 is 14.4. The number of rotatable bonds is 4. The van der Waals surface area contributed by atoms with E-state index in [1.807, 2.05) is 6.92 Å². The molecule has 1 heterocycles. The molecule has 0 amide bonds. The summed E-state index contributed by atoms with van der Waals surface area (Å²) in [7, 11) is 0. The molecule has 0 spiro atoms. The summed E-state index contributed by atoms with van der Waals surface area (Å²) in [6.07, 6.45) is 0.931. The van der Waals surface area contributed by atoms with Crippen molar-refractivity contribution in [3.63, 3.8) is 0 Å². The zero-order chi connectivity index (χ0) is 14.7. The average Bonchev–Trinajstić information content (AvgIpc) is 2.43. The van der Waals surface area contributed by atoms with Gasteiger partial charge in [-0.1, -0.05) is 31.5 Å². The van der Waals surface area contributed by atoms with Crippen LogP contribution in [0.1, 0.15) is 37.4 Å². The van der Waals surface area contributed by atoms with Crippen molar-refractivity contribution >= 4 is 36.4 Å². The highest BCUT2D eigenvalue weighted by molar-refractivity contribution is 6.32. The van der Waals surface area contributed by atoms with Crippen LogP contribution in [0, 0.1) is 18.7 Å². The second-order valence-electron chi connectivity index (χ2n) is 6.02. The topological polar surface area (TPSA) is 15.3 Å². The van der Waals surface area contributed by atoms with Gasteiger partial charge < -0.3 is 5.32 Å². The quantitative estimate of drug-likeness (QED) is 0.830. The summed E-state index contributed by atoms with van der Waals surface area (Å²) in [6.45, 7) is 10.1. The fourth-order valence-corrected chi connectivity index (χ4v) is 3.15. The lowest BCUT2D eigenvalue weighted by atomic mass is 9.93. The van der Waals surface area contributed by atoms with Crippen LogP contribution in [0.3, 0.4) is 0 Å². The summed E-state index contributed by atoms with van der Waals surface area (Å²) in [4.78, 5) is 2.36. The molecule has 1 fully saturated rings. The maximum Gasteiger partial charge on any atom is 0.129 e. The van der Waals surface area contributed by atoms with Crippen molar-refractivity contribution in [2.24, 2.45) is 5.92 Å². The van der Waals surface area contributed by atoms with E-state index in [0.29, 0.717) is 16.5 Å². The van der Waals surface area contributed by atoms with Gasteiger partial charge in [-0.05, 0) is 30.9 Å². The summed E-state index contributed by atoms with van der Waals surface area (Å²) in [6, 6.07) is 3.38. The number of halogens is 4. The third-order valence-corrected chi connectivity index (χ3v) is 4.44. The molecule has 6 heteroatoms. The van der Waals surface area contributed by atoms with Crippen LogP contribution in [0.4, 0.5) is 4.39 Å². The maximum atomic E-state index is 14.4. The summed E-state index contributed by atoms with van der Waals surface area (Å²) >= 11 is 6.41. The van der Waals surface area contributed by atoms with Gasteiger partial charge in [0.15, 0.2) is 0 Å². The van der Waals surface area contributed by atoms with Gasteiger partial charge in [0, 0.05) is 37.8 Å². The van der Waals surface area contributed by atoms with Crippen LogP contribution in [-0.2, 0) is 0 Å². The lowest BCUT2D eigenvalue weighted by Crippen LogP contribution is -2.45. The van der Waals surface area contributed by atoms with E-state index in [1.165, 1.54) is 0 Å². The Bertz CT molecular complexity index is 463. The Morgan fingerprint density at radius 1 is 1.23 bits per heavy atom. The first-order valence-electron chi connectivity index (χ1n) is 7.40. The van der Waals surface area contributed by atoms with Crippen LogP contribution in [0.15, 0.2) is 12.1 Å². The van der Waals surface area contributed by atoms with Crippen molar-refractivity contribution < 1.29 is 4.39 Å². The van der Waals surface area contributed by atoms with E-state index in [9.17, 15) is 4.39 Å². The monoisotopic (exact) mass is 370 g/mol. The van der Waals surface area contributed by atoms with Gasteiger partial charge in [0.25, 0.3) is 0 Å². The van der Waals surface area contributed by atoms with Crippen LogP contribution in [-0.4, -0.2) is 31.1 Å². The molecule has 0 aliphatic carbocycles. The van der Waals surface area contributed by atoms with Crippen molar-refractivity contribution in [2.45, 2.75) is 33.2 Å². The van der Waals surface area contributed by atoms with E-state index < -0.39 is 0 Å². The Kier molecular flexibility index (Phi) is 9.91. The first-order chi connectivity index (χ1) is 9.50. The van der Waals surface area contributed by atoms with Crippen LogP contribution < -0.4 is 5.32 Å². The molecule has 128 valence electrons. The number of hydrogen-bond acceptors (Lipinski definition) is 2. The van der Waals surface area contributed by atoms with Crippen molar-refractivity contribution in [3.05, 3.63) is 34.1 Å². The molecule has 1 saturated heterocycles. The van der Waals surface area contributed by atoms with Gasteiger partial charge in [0.05, 0.1) is 5.02 Å². The molecule has 1 aliphatic heterocycles. The summed E-state index contributed by atoms with van der Waals surface area (Å²) in [5.74, 6) is 0.329. The number of nitrogens with zero attached hydrogens (tertiary/aromatic N) is 1. The Balaban J connectivity index is 0.00000220. The molecule has 1 aliphatic rings. The van der Waals surface area contributed by atoms with E-state index in [-0.39, 0.29) is 36.7 Å². The minimum absolute atomic E-state index is 0. The fraction of sp³-hybridized carbons (Fsp3) is 0.625. The van der Waals surface area contributed by atoms with E-state index in [1.54, 1.807) is 12.1 Å². The lowest BCUT2D eigenvalue weighted by molar-refractivity contribution is 0.151. The van der Waals surface area contributed by atoms with Crippen LogP contribution >= 0.6 is 36.4 Å². The Labute approximate surface area is 150 Å². The molecule has 1 atom stereocenters. The highest BCUT2D eigenvalue weighted by atomic mass is 35.5. The van der Waals surface area contributed by atoms with E-state index in [4.69, 9.17) is 11.6 Å². The van der Waals surface area contributed by atoms with Gasteiger partial charge in [-0.15, -0.1) is 24.8 Å². The molecule has 0 unspecified atom stereocenters. The largest absolute Gasteiger partial charge is 0.314 e. The first-order valence-corrected chi connectivity index (χ1v) is 7.77.